The first-order valence-corrected chi connectivity index (χ1v) is 8.28. The first-order chi connectivity index (χ1) is 12.1. The van der Waals surface area contributed by atoms with Crippen LogP contribution in [0.4, 0.5) is 15.8 Å². The fraction of sp³-hybridized carbons (Fsp3) is 0.316. The lowest BCUT2D eigenvalue weighted by molar-refractivity contribution is -0.115. The molecule has 2 aromatic carbocycles. The first kappa shape index (κ1) is 17.2. The molecule has 0 saturated carbocycles. The maximum absolute atomic E-state index is 13.6. The Labute approximate surface area is 145 Å². The summed E-state index contributed by atoms with van der Waals surface area (Å²) in [7, 11) is 0. The molecule has 1 aliphatic rings. The number of carbonyl (C=O) groups excluding carboxylic acids is 1. The highest BCUT2D eigenvalue weighted by Gasteiger charge is 2.17. The highest BCUT2D eigenvalue weighted by atomic mass is 19.1. The third-order valence-electron chi connectivity index (χ3n) is 4.01. The maximum Gasteiger partial charge on any atom is 0.228 e. The van der Waals surface area contributed by atoms with Crippen molar-refractivity contribution in [1.82, 2.24) is 0 Å². The summed E-state index contributed by atoms with van der Waals surface area (Å²) in [6.07, 6.45) is 2.17. The average molecular weight is 344 g/mol. The normalized spacial score (nSPS) is 16.6. The van der Waals surface area contributed by atoms with E-state index in [2.05, 4.69) is 5.32 Å². The molecule has 1 aliphatic heterocycles. The molecule has 0 bridgehead atoms. The van der Waals surface area contributed by atoms with E-state index in [-0.39, 0.29) is 18.4 Å². The van der Waals surface area contributed by atoms with E-state index < -0.39 is 5.82 Å². The summed E-state index contributed by atoms with van der Waals surface area (Å²) in [5.74, 6) is -0.257. The Morgan fingerprint density at radius 1 is 1.28 bits per heavy atom. The Morgan fingerprint density at radius 2 is 2.08 bits per heavy atom. The maximum atomic E-state index is 13.6. The van der Waals surface area contributed by atoms with Gasteiger partial charge < -0.3 is 20.5 Å². The summed E-state index contributed by atoms with van der Waals surface area (Å²) < 4.78 is 24.8. The van der Waals surface area contributed by atoms with Crippen LogP contribution in [0.3, 0.4) is 0 Å². The van der Waals surface area contributed by atoms with Crippen LogP contribution in [0.15, 0.2) is 42.5 Å². The number of carbonyl (C=O) groups is 1. The molecule has 1 unspecified atom stereocenters. The quantitative estimate of drug-likeness (QED) is 0.790. The minimum Gasteiger partial charge on any atom is -0.489 e. The number of nitrogens with one attached hydrogen (secondary N) is 1. The van der Waals surface area contributed by atoms with E-state index in [1.54, 1.807) is 24.3 Å². The lowest BCUT2D eigenvalue weighted by atomic mass is 10.1. The van der Waals surface area contributed by atoms with Crippen molar-refractivity contribution in [1.29, 1.82) is 0 Å². The molecule has 1 heterocycles. The number of anilines is 2. The molecule has 25 heavy (non-hydrogen) atoms. The predicted octanol–water partition coefficient (Wildman–Crippen LogP) is 3.15. The van der Waals surface area contributed by atoms with Gasteiger partial charge in [0.2, 0.25) is 5.91 Å². The molecule has 1 fully saturated rings. The van der Waals surface area contributed by atoms with Crippen LogP contribution in [-0.4, -0.2) is 25.2 Å². The van der Waals surface area contributed by atoms with E-state index in [9.17, 15) is 9.18 Å². The molecule has 2 aromatic rings. The SMILES string of the molecule is Nc1ccc(CC(=O)Nc2cc(F)ccc2OCC2CCCO2)cc1. The molecule has 1 atom stereocenters. The van der Waals surface area contributed by atoms with E-state index in [4.69, 9.17) is 15.2 Å². The van der Waals surface area contributed by atoms with Crippen molar-refractivity contribution in [3.63, 3.8) is 0 Å². The molecule has 6 heteroatoms. The molecule has 0 spiro atoms. The van der Waals surface area contributed by atoms with Gasteiger partial charge in [0.1, 0.15) is 18.2 Å². The van der Waals surface area contributed by atoms with Crippen molar-refractivity contribution in [3.8, 4) is 5.75 Å². The average Bonchev–Trinajstić information content (AvgIpc) is 3.10. The fourth-order valence-corrected chi connectivity index (χ4v) is 2.70. The second-order valence-electron chi connectivity index (χ2n) is 6.05. The zero-order valence-corrected chi connectivity index (χ0v) is 13.8. The van der Waals surface area contributed by atoms with Gasteiger partial charge in [0, 0.05) is 18.4 Å². The Bertz CT molecular complexity index is 728. The monoisotopic (exact) mass is 344 g/mol. The lowest BCUT2D eigenvalue weighted by Crippen LogP contribution is -2.19. The first-order valence-electron chi connectivity index (χ1n) is 8.28. The third-order valence-corrected chi connectivity index (χ3v) is 4.01. The number of nitrogen functional groups attached to an aromatic ring is 1. The zero-order chi connectivity index (χ0) is 17.6. The molecular formula is C19H21FN2O3. The van der Waals surface area contributed by atoms with Gasteiger partial charge >= 0.3 is 0 Å². The van der Waals surface area contributed by atoms with Crippen LogP contribution in [0.2, 0.25) is 0 Å². The van der Waals surface area contributed by atoms with Gasteiger partial charge in [-0.15, -0.1) is 0 Å². The van der Waals surface area contributed by atoms with E-state index >= 15 is 0 Å². The largest absolute Gasteiger partial charge is 0.489 e. The molecule has 3 N–H and O–H groups in total. The van der Waals surface area contributed by atoms with Crippen LogP contribution in [0.1, 0.15) is 18.4 Å². The van der Waals surface area contributed by atoms with Gasteiger partial charge in [-0.2, -0.15) is 0 Å². The van der Waals surface area contributed by atoms with Crippen molar-refractivity contribution in [2.75, 3.05) is 24.3 Å². The van der Waals surface area contributed by atoms with E-state index in [1.165, 1.54) is 18.2 Å². The van der Waals surface area contributed by atoms with E-state index in [0.29, 0.717) is 23.7 Å². The summed E-state index contributed by atoms with van der Waals surface area (Å²) in [6, 6.07) is 11.1. The van der Waals surface area contributed by atoms with Gasteiger partial charge in [0.15, 0.2) is 0 Å². The van der Waals surface area contributed by atoms with Crippen LogP contribution < -0.4 is 15.8 Å². The van der Waals surface area contributed by atoms with Gasteiger partial charge in [-0.05, 0) is 42.7 Å². The Hall–Kier alpha value is -2.60. The van der Waals surface area contributed by atoms with Crippen molar-refractivity contribution < 1.29 is 18.7 Å². The molecular weight excluding hydrogens is 323 g/mol. The second kappa shape index (κ2) is 7.98. The molecule has 3 rings (SSSR count). The van der Waals surface area contributed by atoms with Crippen LogP contribution in [-0.2, 0) is 16.0 Å². The van der Waals surface area contributed by atoms with Crippen molar-refractivity contribution in [3.05, 3.63) is 53.8 Å². The topological polar surface area (TPSA) is 73.6 Å². The van der Waals surface area contributed by atoms with Crippen LogP contribution in [0.25, 0.3) is 0 Å². The van der Waals surface area contributed by atoms with Crippen molar-refractivity contribution in [2.24, 2.45) is 0 Å². The summed E-state index contributed by atoms with van der Waals surface area (Å²) >= 11 is 0. The van der Waals surface area contributed by atoms with Gasteiger partial charge in [-0.25, -0.2) is 4.39 Å². The zero-order valence-electron chi connectivity index (χ0n) is 13.8. The van der Waals surface area contributed by atoms with Crippen LogP contribution in [0, 0.1) is 5.82 Å². The minimum atomic E-state index is -0.438. The van der Waals surface area contributed by atoms with E-state index in [1.807, 2.05) is 0 Å². The van der Waals surface area contributed by atoms with Crippen molar-refractivity contribution >= 4 is 17.3 Å². The van der Waals surface area contributed by atoms with Crippen molar-refractivity contribution in [2.45, 2.75) is 25.4 Å². The minimum absolute atomic E-state index is 0.0448. The number of amides is 1. The van der Waals surface area contributed by atoms with Crippen LogP contribution >= 0.6 is 0 Å². The lowest BCUT2D eigenvalue weighted by Gasteiger charge is -2.15. The molecule has 1 amide bonds. The summed E-state index contributed by atoms with van der Waals surface area (Å²) in [5, 5.41) is 2.71. The third kappa shape index (κ3) is 4.93. The smallest absolute Gasteiger partial charge is 0.228 e. The van der Waals surface area contributed by atoms with Gasteiger partial charge in [-0.3, -0.25) is 4.79 Å². The number of nitrogens with two attached hydrogens (primary N) is 1. The van der Waals surface area contributed by atoms with E-state index in [0.717, 1.165) is 25.0 Å². The molecule has 1 saturated heterocycles. The highest BCUT2D eigenvalue weighted by molar-refractivity contribution is 5.93. The molecule has 0 radical (unpaired) electrons. The summed E-state index contributed by atoms with van der Waals surface area (Å²) in [4.78, 5) is 12.2. The fourth-order valence-electron chi connectivity index (χ4n) is 2.70. The molecule has 0 aromatic heterocycles. The predicted molar refractivity (Wildman–Crippen MR) is 94.1 cm³/mol. The highest BCUT2D eigenvalue weighted by Crippen LogP contribution is 2.26. The molecule has 5 nitrogen and oxygen atoms in total. The standard InChI is InChI=1S/C19H21FN2O3/c20-14-5-8-18(25-12-16-2-1-9-24-16)17(11-14)22-19(23)10-13-3-6-15(21)7-4-13/h3-8,11,16H,1-2,9-10,12,21H2,(H,22,23). The number of benzene rings is 2. The number of hydrogen-bond donors (Lipinski definition) is 2. The number of halogens is 1. The van der Waals surface area contributed by atoms with Crippen LogP contribution in [0.5, 0.6) is 5.75 Å². The second-order valence-corrected chi connectivity index (χ2v) is 6.05. The number of ether oxygens (including phenoxy) is 2. The number of hydrogen-bond acceptors (Lipinski definition) is 4. The van der Waals surface area contributed by atoms with Gasteiger partial charge in [0.25, 0.3) is 0 Å². The molecule has 0 aliphatic carbocycles. The molecule has 132 valence electrons. The summed E-state index contributed by atoms with van der Waals surface area (Å²) in [5.41, 5.74) is 7.41. The Morgan fingerprint density at radius 3 is 2.80 bits per heavy atom. The number of rotatable bonds is 6. The Kier molecular flexibility index (Phi) is 5.50. The summed E-state index contributed by atoms with van der Waals surface area (Å²) in [6.45, 7) is 1.12. The Balaban J connectivity index is 1.64. The van der Waals surface area contributed by atoms with Gasteiger partial charge in [-0.1, -0.05) is 12.1 Å². The van der Waals surface area contributed by atoms with Gasteiger partial charge in [0.05, 0.1) is 18.2 Å².